The van der Waals surface area contributed by atoms with Crippen LogP contribution < -0.4 is 5.73 Å². The molecule has 0 unspecified atom stereocenters. The monoisotopic (exact) mass is 315 g/mol. The van der Waals surface area contributed by atoms with Crippen molar-refractivity contribution in [3.63, 3.8) is 0 Å². The maximum atomic E-state index is 11.0. The Bertz CT molecular complexity index is 832. The van der Waals surface area contributed by atoms with Gasteiger partial charge in [-0.1, -0.05) is 0 Å². The maximum absolute atomic E-state index is 11.0. The molecule has 0 amide bonds. The standard InChI is InChI=1S/C14H13N5O4/c1-8-6-13(9(2)5-11(8)15)17-16-12-4-3-10(18(20)21)7-14(12)19(22)23/h3-7H,15H2,1-2H3. The number of nitro benzene ring substituents is 2. The highest BCUT2D eigenvalue weighted by Crippen LogP contribution is 2.33. The van der Waals surface area contributed by atoms with Crippen LogP contribution in [-0.2, 0) is 0 Å². The van der Waals surface area contributed by atoms with Gasteiger partial charge in [0.25, 0.3) is 5.69 Å². The molecule has 2 N–H and O–H groups in total. The lowest BCUT2D eigenvalue weighted by Crippen LogP contribution is -1.92. The zero-order valence-electron chi connectivity index (χ0n) is 12.4. The molecule has 0 saturated heterocycles. The van der Waals surface area contributed by atoms with E-state index < -0.39 is 15.5 Å². The molecule has 0 aliphatic heterocycles. The van der Waals surface area contributed by atoms with Crippen molar-refractivity contribution in [2.45, 2.75) is 13.8 Å². The maximum Gasteiger partial charge on any atom is 0.303 e. The van der Waals surface area contributed by atoms with Gasteiger partial charge in [0.05, 0.1) is 21.6 Å². The van der Waals surface area contributed by atoms with Crippen LogP contribution >= 0.6 is 0 Å². The van der Waals surface area contributed by atoms with E-state index in [2.05, 4.69) is 10.2 Å². The number of nitrogens with two attached hydrogens (primary N) is 1. The first-order chi connectivity index (χ1) is 10.8. The van der Waals surface area contributed by atoms with Gasteiger partial charge in [-0.3, -0.25) is 20.2 Å². The summed E-state index contributed by atoms with van der Waals surface area (Å²) in [5, 5.41) is 29.6. The van der Waals surface area contributed by atoms with E-state index >= 15 is 0 Å². The molecule has 0 radical (unpaired) electrons. The predicted molar refractivity (Wildman–Crippen MR) is 84.3 cm³/mol. The molecule has 0 aliphatic carbocycles. The molecule has 118 valence electrons. The van der Waals surface area contributed by atoms with Gasteiger partial charge in [-0.15, -0.1) is 5.11 Å². The normalized spacial score (nSPS) is 10.9. The number of benzene rings is 2. The number of aryl methyl sites for hydroxylation is 2. The zero-order chi connectivity index (χ0) is 17.1. The van der Waals surface area contributed by atoms with Crippen molar-refractivity contribution in [2.24, 2.45) is 10.2 Å². The topological polar surface area (TPSA) is 137 Å². The van der Waals surface area contributed by atoms with Crippen LogP contribution in [0.15, 0.2) is 40.6 Å². The van der Waals surface area contributed by atoms with Crippen molar-refractivity contribution in [2.75, 3.05) is 5.73 Å². The predicted octanol–water partition coefficient (Wildman–Crippen LogP) is 4.12. The van der Waals surface area contributed by atoms with Crippen molar-refractivity contribution in [3.05, 3.63) is 61.7 Å². The Morgan fingerprint density at radius 3 is 2.17 bits per heavy atom. The van der Waals surface area contributed by atoms with Crippen molar-refractivity contribution in [1.29, 1.82) is 0 Å². The molecule has 0 bridgehead atoms. The van der Waals surface area contributed by atoms with Crippen LogP contribution in [-0.4, -0.2) is 9.85 Å². The summed E-state index contributed by atoms with van der Waals surface area (Å²) in [7, 11) is 0. The molecule has 0 heterocycles. The van der Waals surface area contributed by atoms with Crippen LogP contribution in [0, 0.1) is 34.1 Å². The smallest absolute Gasteiger partial charge is 0.303 e. The molecule has 9 heteroatoms. The van der Waals surface area contributed by atoms with Crippen LogP contribution in [0.2, 0.25) is 0 Å². The van der Waals surface area contributed by atoms with E-state index in [1.54, 1.807) is 19.1 Å². The van der Waals surface area contributed by atoms with Gasteiger partial charge in [0.1, 0.15) is 0 Å². The lowest BCUT2D eigenvalue weighted by molar-refractivity contribution is -0.393. The first-order valence-electron chi connectivity index (χ1n) is 6.51. The van der Waals surface area contributed by atoms with E-state index in [0.29, 0.717) is 11.4 Å². The van der Waals surface area contributed by atoms with Gasteiger partial charge in [0, 0.05) is 11.8 Å². The molecule has 23 heavy (non-hydrogen) atoms. The number of azo groups is 1. The summed E-state index contributed by atoms with van der Waals surface area (Å²) in [5.41, 5.74) is 7.57. The molecule has 2 rings (SSSR count). The molecule has 0 spiro atoms. The summed E-state index contributed by atoms with van der Waals surface area (Å²) in [6.45, 7) is 3.59. The number of hydrogen-bond acceptors (Lipinski definition) is 7. The molecule has 0 aliphatic rings. The Morgan fingerprint density at radius 1 is 0.913 bits per heavy atom. The highest BCUT2D eigenvalue weighted by atomic mass is 16.6. The van der Waals surface area contributed by atoms with Crippen LogP contribution in [0.5, 0.6) is 0 Å². The third kappa shape index (κ3) is 3.46. The average Bonchev–Trinajstić information content (AvgIpc) is 2.49. The fraction of sp³-hybridized carbons (Fsp3) is 0.143. The molecule has 0 atom stereocenters. The lowest BCUT2D eigenvalue weighted by Gasteiger charge is -2.04. The number of hydrogen-bond donors (Lipinski definition) is 1. The lowest BCUT2D eigenvalue weighted by atomic mass is 10.1. The van der Waals surface area contributed by atoms with Crippen LogP contribution in [0.25, 0.3) is 0 Å². The molecule has 0 aromatic heterocycles. The molecule has 2 aromatic carbocycles. The fourth-order valence-corrected chi connectivity index (χ4v) is 1.89. The fourth-order valence-electron chi connectivity index (χ4n) is 1.89. The summed E-state index contributed by atoms with van der Waals surface area (Å²) < 4.78 is 0. The van der Waals surface area contributed by atoms with Crippen molar-refractivity contribution >= 4 is 28.4 Å². The summed E-state index contributed by atoms with van der Waals surface area (Å²) >= 11 is 0. The van der Waals surface area contributed by atoms with Gasteiger partial charge < -0.3 is 5.73 Å². The number of nitrogen functional groups attached to an aromatic ring is 1. The average molecular weight is 315 g/mol. The first-order valence-corrected chi connectivity index (χ1v) is 6.51. The minimum Gasteiger partial charge on any atom is -0.399 e. The van der Waals surface area contributed by atoms with E-state index in [4.69, 9.17) is 5.73 Å². The third-order valence-electron chi connectivity index (χ3n) is 3.22. The molecule has 0 fully saturated rings. The van der Waals surface area contributed by atoms with E-state index in [1.165, 1.54) is 6.07 Å². The van der Waals surface area contributed by atoms with Crippen molar-refractivity contribution < 1.29 is 9.85 Å². The second-order valence-corrected chi connectivity index (χ2v) is 4.88. The van der Waals surface area contributed by atoms with Crippen LogP contribution in [0.1, 0.15) is 11.1 Å². The number of anilines is 1. The van der Waals surface area contributed by atoms with Crippen LogP contribution in [0.4, 0.5) is 28.4 Å². The first kappa shape index (κ1) is 16.0. The van der Waals surface area contributed by atoms with Gasteiger partial charge in [-0.25, -0.2) is 0 Å². The van der Waals surface area contributed by atoms with E-state index in [-0.39, 0.29) is 11.4 Å². The van der Waals surface area contributed by atoms with Gasteiger partial charge in [-0.2, -0.15) is 5.11 Å². The molecule has 9 nitrogen and oxygen atoms in total. The van der Waals surface area contributed by atoms with Gasteiger partial charge >= 0.3 is 5.69 Å². The minimum absolute atomic E-state index is 0.0607. The van der Waals surface area contributed by atoms with E-state index in [0.717, 1.165) is 23.3 Å². The van der Waals surface area contributed by atoms with Gasteiger partial charge in [-0.05, 0) is 43.2 Å². The third-order valence-corrected chi connectivity index (χ3v) is 3.22. The zero-order valence-corrected chi connectivity index (χ0v) is 12.4. The number of rotatable bonds is 4. The highest BCUT2D eigenvalue weighted by molar-refractivity contribution is 5.63. The number of nitrogens with zero attached hydrogens (tertiary/aromatic N) is 4. The number of nitro groups is 2. The quantitative estimate of drug-likeness (QED) is 0.391. The van der Waals surface area contributed by atoms with Crippen molar-refractivity contribution in [3.8, 4) is 0 Å². The minimum atomic E-state index is -0.734. The Labute approximate surface area is 130 Å². The number of non-ortho nitro benzene ring substituents is 1. The molecule has 0 saturated carbocycles. The summed E-state index contributed by atoms with van der Waals surface area (Å²) in [4.78, 5) is 20.3. The Hall–Kier alpha value is -3.36. The summed E-state index contributed by atoms with van der Waals surface area (Å²) in [6.07, 6.45) is 0. The van der Waals surface area contributed by atoms with Gasteiger partial charge in [0.2, 0.25) is 0 Å². The summed E-state index contributed by atoms with van der Waals surface area (Å²) in [6, 6.07) is 6.64. The Kier molecular flexibility index (Phi) is 4.30. The molecular formula is C14H13N5O4. The second-order valence-electron chi connectivity index (χ2n) is 4.88. The SMILES string of the molecule is Cc1cc(N=Nc2ccc([N+](=O)[O-])cc2[N+](=O)[O-])c(C)cc1N. The Morgan fingerprint density at radius 2 is 1.57 bits per heavy atom. The summed E-state index contributed by atoms with van der Waals surface area (Å²) in [5.74, 6) is 0. The largest absolute Gasteiger partial charge is 0.399 e. The molecule has 2 aromatic rings. The van der Waals surface area contributed by atoms with Gasteiger partial charge in [0.15, 0.2) is 5.69 Å². The highest BCUT2D eigenvalue weighted by Gasteiger charge is 2.19. The van der Waals surface area contributed by atoms with Crippen molar-refractivity contribution in [1.82, 2.24) is 0 Å². The Balaban J connectivity index is 2.45. The second kappa shape index (κ2) is 6.18. The van der Waals surface area contributed by atoms with E-state index in [1.807, 2.05) is 6.92 Å². The molecular weight excluding hydrogens is 302 g/mol. The van der Waals surface area contributed by atoms with Crippen LogP contribution in [0.3, 0.4) is 0 Å². The van der Waals surface area contributed by atoms with E-state index in [9.17, 15) is 20.2 Å².